The van der Waals surface area contributed by atoms with E-state index in [1.54, 1.807) is 25.4 Å². The van der Waals surface area contributed by atoms with E-state index in [9.17, 15) is 5.11 Å². The number of hydrogen-bond acceptors (Lipinski definition) is 9. The topological polar surface area (TPSA) is 101 Å². The maximum atomic E-state index is 10.1. The van der Waals surface area contributed by atoms with Gasteiger partial charge in [-0.1, -0.05) is 11.3 Å². The average Bonchev–Trinajstić information content (AvgIpc) is 3.25. The third kappa shape index (κ3) is 6.06. The summed E-state index contributed by atoms with van der Waals surface area (Å²) in [5, 5.41) is 17.5. The molecule has 2 aromatic carbocycles. The maximum absolute atomic E-state index is 10.1. The molecule has 0 saturated carbocycles. The fourth-order valence-corrected chi connectivity index (χ4v) is 4.64. The Morgan fingerprint density at radius 2 is 1.89 bits per heavy atom. The third-order valence-corrected chi connectivity index (χ3v) is 6.19. The molecular weight excluding hydrogens is 462 g/mol. The molecule has 3 N–H and O–H groups in total. The zero-order valence-electron chi connectivity index (χ0n) is 20.3. The normalized spacial score (nSPS) is 10.9. The predicted octanol–water partition coefficient (Wildman–Crippen LogP) is 5.79. The summed E-state index contributed by atoms with van der Waals surface area (Å²) >= 11 is 1.52. The number of methoxy groups -OCH3 is 1. The van der Waals surface area contributed by atoms with Gasteiger partial charge in [-0.15, -0.1) is 0 Å². The standard InChI is InChI=1S/C26H29N5O3S/c1-5-27-26-31-23(18-12-16(2)13-20(32)15-18)24(35-26)21-8-9-28-25(30-21)29-19-6-7-22(17(3)14-19)34-11-10-33-4/h6-9,12-15,32H,5,10-11H2,1-4H3,(H,27,31)(H,28,29,30). The summed E-state index contributed by atoms with van der Waals surface area (Å²) < 4.78 is 10.8. The fourth-order valence-electron chi connectivity index (χ4n) is 3.61. The Morgan fingerprint density at radius 3 is 2.63 bits per heavy atom. The van der Waals surface area contributed by atoms with Crippen LogP contribution in [0.2, 0.25) is 0 Å². The molecule has 4 aromatic rings. The van der Waals surface area contributed by atoms with Gasteiger partial charge in [-0.3, -0.25) is 0 Å². The van der Waals surface area contributed by atoms with Crippen molar-refractivity contribution in [2.24, 2.45) is 0 Å². The second-order valence-corrected chi connectivity index (χ2v) is 9.00. The molecule has 2 heterocycles. The van der Waals surface area contributed by atoms with Crippen LogP contribution < -0.4 is 15.4 Å². The van der Waals surface area contributed by atoms with Crippen LogP contribution >= 0.6 is 11.3 Å². The Bertz CT molecular complexity index is 1290. The molecule has 0 radical (unpaired) electrons. The van der Waals surface area contributed by atoms with Crippen LogP contribution in [-0.2, 0) is 4.74 Å². The number of phenols is 1. The average molecular weight is 492 g/mol. The quantitative estimate of drug-likeness (QED) is 0.240. The molecule has 35 heavy (non-hydrogen) atoms. The Kier molecular flexibility index (Phi) is 7.79. The van der Waals surface area contributed by atoms with Crippen molar-refractivity contribution in [3.05, 3.63) is 59.8 Å². The number of benzene rings is 2. The Balaban J connectivity index is 1.63. The van der Waals surface area contributed by atoms with Crippen LogP contribution in [0.4, 0.5) is 16.8 Å². The van der Waals surface area contributed by atoms with Crippen molar-refractivity contribution in [1.82, 2.24) is 15.0 Å². The van der Waals surface area contributed by atoms with Crippen LogP contribution in [-0.4, -0.2) is 46.9 Å². The largest absolute Gasteiger partial charge is 0.508 e. The van der Waals surface area contributed by atoms with Gasteiger partial charge in [0.1, 0.15) is 18.1 Å². The van der Waals surface area contributed by atoms with Gasteiger partial charge in [-0.25, -0.2) is 15.0 Å². The summed E-state index contributed by atoms with van der Waals surface area (Å²) in [6, 6.07) is 13.2. The number of aromatic nitrogens is 3. The summed E-state index contributed by atoms with van der Waals surface area (Å²) in [6.45, 7) is 7.77. The van der Waals surface area contributed by atoms with Crippen molar-refractivity contribution in [3.63, 3.8) is 0 Å². The number of thiazole rings is 1. The van der Waals surface area contributed by atoms with Gasteiger partial charge in [0.05, 0.1) is 22.9 Å². The Hall–Kier alpha value is -3.69. The first-order chi connectivity index (χ1) is 17.0. The summed E-state index contributed by atoms with van der Waals surface area (Å²) in [7, 11) is 1.65. The molecule has 0 amide bonds. The molecule has 0 aliphatic rings. The molecule has 0 aliphatic heterocycles. The van der Waals surface area contributed by atoms with Crippen LogP contribution in [0, 0.1) is 13.8 Å². The lowest BCUT2D eigenvalue weighted by Crippen LogP contribution is -2.05. The maximum Gasteiger partial charge on any atom is 0.227 e. The number of nitrogens with zero attached hydrogens (tertiary/aromatic N) is 3. The smallest absolute Gasteiger partial charge is 0.227 e. The van der Waals surface area contributed by atoms with Crippen molar-refractivity contribution in [2.45, 2.75) is 20.8 Å². The van der Waals surface area contributed by atoms with Gasteiger partial charge < -0.3 is 25.2 Å². The minimum atomic E-state index is 0.207. The van der Waals surface area contributed by atoms with Gasteiger partial charge in [0.25, 0.3) is 0 Å². The monoisotopic (exact) mass is 491 g/mol. The SMILES string of the molecule is CCNc1nc(-c2cc(C)cc(O)c2)c(-c2ccnc(Nc3ccc(OCCOC)c(C)c3)n2)s1. The number of aryl methyl sites for hydroxylation is 2. The predicted molar refractivity (Wildman–Crippen MR) is 141 cm³/mol. The second-order valence-electron chi connectivity index (χ2n) is 8.00. The lowest BCUT2D eigenvalue weighted by Gasteiger charge is -2.11. The van der Waals surface area contributed by atoms with E-state index in [4.69, 9.17) is 19.4 Å². The van der Waals surface area contributed by atoms with E-state index >= 15 is 0 Å². The van der Waals surface area contributed by atoms with Crippen LogP contribution in [0.15, 0.2) is 48.7 Å². The zero-order chi connectivity index (χ0) is 24.8. The first-order valence-corrected chi connectivity index (χ1v) is 12.2. The highest BCUT2D eigenvalue weighted by molar-refractivity contribution is 7.19. The Morgan fingerprint density at radius 1 is 1.03 bits per heavy atom. The first-order valence-electron chi connectivity index (χ1n) is 11.4. The van der Waals surface area contributed by atoms with Crippen LogP contribution in [0.1, 0.15) is 18.1 Å². The van der Waals surface area contributed by atoms with Gasteiger partial charge in [0, 0.05) is 31.1 Å². The molecule has 8 nitrogen and oxygen atoms in total. The minimum absolute atomic E-state index is 0.207. The lowest BCUT2D eigenvalue weighted by atomic mass is 10.1. The molecule has 0 saturated heterocycles. The van der Waals surface area contributed by atoms with E-state index in [0.717, 1.165) is 56.1 Å². The zero-order valence-corrected chi connectivity index (χ0v) is 21.1. The molecule has 0 spiro atoms. The minimum Gasteiger partial charge on any atom is -0.508 e. The number of hydrogen-bond donors (Lipinski definition) is 3. The molecular formula is C26H29N5O3S. The molecule has 0 unspecified atom stereocenters. The summed E-state index contributed by atoms with van der Waals surface area (Å²) in [5.74, 6) is 1.50. The first kappa shape index (κ1) is 24.4. The van der Waals surface area contributed by atoms with Gasteiger partial charge in [0.15, 0.2) is 5.13 Å². The van der Waals surface area contributed by atoms with Crippen molar-refractivity contribution in [3.8, 4) is 33.3 Å². The number of anilines is 3. The van der Waals surface area contributed by atoms with Crippen molar-refractivity contribution >= 4 is 28.1 Å². The molecule has 2 aromatic heterocycles. The molecule has 182 valence electrons. The molecule has 9 heteroatoms. The summed E-state index contributed by atoms with van der Waals surface area (Å²) in [6.07, 6.45) is 1.73. The Labute approximate surface area is 209 Å². The van der Waals surface area contributed by atoms with E-state index in [1.165, 1.54) is 11.3 Å². The van der Waals surface area contributed by atoms with Crippen LogP contribution in [0.25, 0.3) is 21.8 Å². The highest BCUT2D eigenvalue weighted by Crippen LogP contribution is 2.39. The third-order valence-electron chi connectivity index (χ3n) is 5.16. The van der Waals surface area contributed by atoms with Gasteiger partial charge in [-0.2, -0.15) is 0 Å². The fraction of sp³-hybridized carbons (Fsp3) is 0.269. The van der Waals surface area contributed by atoms with Crippen LogP contribution in [0.3, 0.4) is 0 Å². The van der Waals surface area contributed by atoms with Crippen LogP contribution in [0.5, 0.6) is 11.5 Å². The van der Waals surface area contributed by atoms with Crippen molar-refractivity contribution in [2.75, 3.05) is 37.5 Å². The molecule has 0 atom stereocenters. The number of aromatic hydroxyl groups is 1. The molecule has 0 fully saturated rings. The number of rotatable bonds is 10. The van der Waals surface area contributed by atoms with Gasteiger partial charge in [-0.05, 0) is 74.4 Å². The van der Waals surface area contributed by atoms with E-state index in [1.807, 2.05) is 51.1 Å². The highest BCUT2D eigenvalue weighted by atomic mass is 32.1. The highest BCUT2D eigenvalue weighted by Gasteiger charge is 2.18. The van der Waals surface area contributed by atoms with E-state index < -0.39 is 0 Å². The van der Waals surface area contributed by atoms with E-state index in [0.29, 0.717) is 19.2 Å². The van der Waals surface area contributed by atoms with Crippen molar-refractivity contribution < 1.29 is 14.6 Å². The number of nitrogens with one attached hydrogen (secondary N) is 2. The second kappa shape index (κ2) is 11.2. The van der Waals surface area contributed by atoms with Gasteiger partial charge >= 0.3 is 0 Å². The summed E-state index contributed by atoms with van der Waals surface area (Å²) in [5.41, 5.74) is 5.17. The van der Waals surface area contributed by atoms with Crippen molar-refractivity contribution in [1.29, 1.82) is 0 Å². The summed E-state index contributed by atoms with van der Waals surface area (Å²) in [4.78, 5) is 14.9. The molecule has 0 bridgehead atoms. The number of phenolic OH excluding ortho intramolecular Hbond substituents is 1. The number of ether oxygens (including phenoxy) is 2. The van der Waals surface area contributed by atoms with E-state index in [-0.39, 0.29) is 5.75 Å². The molecule has 4 rings (SSSR count). The lowest BCUT2D eigenvalue weighted by molar-refractivity contribution is 0.146. The van der Waals surface area contributed by atoms with E-state index in [2.05, 4.69) is 15.6 Å². The molecule has 0 aliphatic carbocycles. The van der Waals surface area contributed by atoms with Gasteiger partial charge in [0.2, 0.25) is 5.95 Å².